The van der Waals surface area contributed by atoms with E-state index in [4.69, 9.17) is 4.74 Å². The second kappa shape index (κ2) is 9.55. The van der Waals surface area contributed by atoms with Gasteiger partial charge in [-0.25, -0.2) is 0 Å². The van der Waals surface area contributed by atoms with Crippen molar-refractivity contribution in [2.75, 3.05) is 45.9 Å². The van der Waals surface area contributed by atoms with Crippen LogP contribution in [0.3, 0.4) is 0 Å². The van der Waals surface area contributed by atoms with Crippen LogP contribution in [-0.2, 0) is 9.53 Å². The normalized spacial score (nSPS) is 15.5. The summed E-state index contributed by atoms with van der Waals surface area (Å²) in [6, 6.07) is 1.77. The van der Waals surface area contributed by atoms with Crippen molar-refractivity contribution in [1.29, 1.82) is 0 Å². The van der Waals surface area contributed by atoms with Crippen molar-refractivity contribution in [2.24, 2.45) is 0 Å². The zero-order valence-electron chi connectivity index (χ0n) is 12.7. The van der Waals surface area contributed by atoms with Crippen LogP contribution in [0.25, 0.3) is 0 Å². The lowest BCUT2D eigenvalue weighted by Gasteiger charge is -2.26. The van der Waals surface area contributed by atoms with Crippen LogP contribution in [0.1, 0.15) is 23.2 Å². The third-order valence-corrected chi connectivity index (χ3v) is 4.18. The first kappa shape index (κ1) is 16.9. The third kappa shape index (κ3) is 6.13. The summed E-state index contributed by atoms with van der Waals surface area (Å²) < 4.78 is 5.29. The van der Waals surface area contributed by atoms with Crippen LogP contribution in [0.5, 0.6) is 0 Å². The van der Waals surface area contributed by atoms with E-state index in [2.05, 4.69) is 15.5 Å². The molecule has 1 aromatic rings. The van der Waals surface area contributed by atoms with Gasteiger partial charge in [-0.2, -0.15) is 11.3 Å². The minimum Gasteiger partial charge on any atom is -0.379 e. The summed E-state index contributed by atoms with van der Waals surface area (Å²) in [5.41, 5.74) is 0.649. The summed E-state index contributed by atoms with van der Waals surface area (Å²) in [6.07, 6.45) is 1.25. The topological polar surface area (TPSA) is 70.7 Å². The number of amides is 2. The molecule has 1 fully saturated rings. The van der Waals surface area contributed by atoms with Crippen LogP contribution in [-0.4, -0.2) is 62.7 Å². The Bertz CT molecular complexity index is 459. The van der Waals surface area contributed by atoms with Gasteiger partial charge in [0.15, 0.2) is 0 Å². The SMILES string of the molecule is O=C(CCNC(=O)c1ccsc1)NCCCN1CCOCC1. The fourth-order valence-corrected chi connectivity index (χ4v) is 2.86. The van der Waals surface area contributed by atoms with E-state index in [1.807, 2.05) is 5.38 Å². The molecule has 1 aromatic heterocycles. The molecule has 1 aliphatic heterocycles. The molecule has 6 nitrogen and oxygen atoms in total. The minimum atomic E-state index is -0.124. The van der Waals surface area contributed by atoms with Crippen molar-refractivity contribution >= 4 is 23.2 Å². The molecule has 0 spiro atoms. The summed E-state index contributed by atoms with van der Waals surface area (Å²) >= 11 is 1.48. The molecule has 0 aliphatic carbocycles. The number of morpholine rings is 1. The third-order valence-electron chi connectivity index (χ3n) is 3.50. The zero-order valence-corrected chi connectivity index (χ0v) is 13.5. The summed E-state index contributed by atoms with van der Waals surface area (Å²) in [5.74, 6) is -0.144. The largest absolute Gasteiger partial charge is 0.379 e. The number of carbonyl (C=O) groups is 2. The van der Waals surface area contributed by atoms with Crippen LogP contribution in [0, 0.1) is 0 Å². The highest BCUT2D eigenvalue weighted by atomic mass is 32.1. The van der Waals surface area contributed by atoms with E-state index in [1.165, 1.54) is 11.3 Å². The summed E-state index contributed by atoms with van der Waals surface area (Å²) in [7, 11) is 0. The molecule has 1 aliphatic rings. The number of hydrogen-bond donors (Lipinski definition) is 2. The van der Waals surface area contributed by atoms with Crippen LogP contribution in [0.15, 0.2) is 16.8 Å². The highest BCUT2D eigenvalue weighted by Gasteiger charge is 2.10. The maximum atomic E-state index is 11.7. The second-order valence-corrected chi connectivity index (χ2v) is 5.96. The van der Waals surface area contributed by atoms with Gasteiger partial charge in [0.05, 0.1) is 13.2 Å². The van der Waals surface area contributed by atoms with E-state index >= 15 is 0 Å². The first-order chi connectivity index (χ1) is 10.8. The number of ether oxygens (including phenoxy) is 1. The Balaban J connectivity index is 1.48. The molecule has 122 valence electrons. The maximum absolute atomic E-state index is 11.7. The number of carbonyl (C=O) groups excluding carboxylic acids is 2. The van der Waals surface area contributed by atoms with Crippen molar-refractivity contribution in [3.63, 3.8) is 0 Å². The number of nitrogens with one attached hydrogen (secondary N) is 2. The van der Waals surface area contributed by atoms with Gasteiger partial charge in [-0.05, 0) is 24.4 Å². The van der Waals surface area contributed by atoms with Crippen LogP contribution in [0.4, 0.5) is 0 Å². The van der Waals surface area contributed by atoms with Crippen molar-refractivity contribution < 1.29 is 14.3 Å². The highest BCUT2D eigenvalue weighted by molar-refractivity contribution is 7.08. The quantitative estimate of drug-likeness (QED) is 0.691. The monoisotopic (exact) mass is 325 g/mol. The lowest BCUT2D eigenvalue weighted by Crippen LogP contribution is -2.38. The number of nitrogens with zero attached hydrogens (tertiary/aromatic N) is 1. The van der Waals surface area contributed by atoms with Gasteiger partial charge in [-0.15, -0.1) is 0 Å². The van der Waals surface area contributed by atoms with Gasteiger partial charge in [0.25, 0.3) is 5.91 Å². The standard InChI is InChI=1S/C15H23N3O3S/c19-14(2-5-17-15(20)13-3-11-22-12-13)16-4-1-6-18-7-9-21-10-8-18/h3,11-12H,1-2,4-10H2,(H,16,19)(H,17,20). The molecular weight excluding hydrogens is 302 g/mol. The summed E-state index contributed by atoms with van der Waals surface area (Å²) in [4.78, 5) is 25.7. The molecule has 2 heterocycles. The van der Waals surface area contributed by atoms with E-state index in [1.54, 1.807) is 11.4 Å². The molecule has 2 N–H and O–H groups in total. The lowest BCUT2D eigenvalue weighted by atomic mass is 10.3. The predicted molar refractivity (Wildman–Crippen MR) is 86.2 cm³/mol. The summed E-state index contributed by atoms with van der Waals surface area (Å²) in [6.45, 7) is 5.58. The van der Waals surface area contributed by atoms with Gasteiger partial charge < -0.3 is 15.4 Å². The molecule has 7 heteroatoms. The van der Waals surface area contributed by atoms with Crippen molar-refractivity contribution in [3.05, 3.63) is 22.4 Å². The minimum absolute atomic E-state index is 0.0207. The van der Waals surface area contributed by atoms with Gasteiger partial charge in [0.2, 0.25) is 5.91 Å². The Labute approximate surface area is 134 Å². The van der Waals surface area contributed by atoms with Crippen LogP contribution >= 0.6 is 11.3 Å². The lowest BCUT2D eigenvalue weighted by molar-refractivity contribution is -0.120. The van der Waals surface area contributed by atoms with Crippen LogP contribution in [0.2, 0.25) is 0 Å². The van der Waals surface area contributed by atoms with Crippen molar-refractivity contribution in [2.45, 2.75) is 12.8 Å². The van der Waals surface area contributed by atoms with E-state index in [9.17, 15) is 9.59 Å². The molecule has 0 saturated carbocycles. The zero-order chi connectivity index (χ0) is 15.6. The molecule has 22 heavy (non-hydrogen) atoms. The fourth-order valence-electron chi connectivity index (χ4n) is 2.23. The first-order valence-electron chi connectivity index (χ1n) is 7.63. The number of thiophene rings is 1. The highest BCUT2D eigenvalue weighted by Crippen LogP contribution is 2.05. The van der Waals surface area contributed by atoms with E-state index in [0.29, 0.717) is 25.1 Å². The summed E-state index contributed by atoms with van der Waals surface area (Å²) in [5, 5.41) is 9.28. The average molecular weight is 325 g/mol. The van der Waals surface area contributed by atoms with Gasteiger partial charge in [0.1, 0.15) is 0 Å². The molecule has 0 unspecified atom stereocenters. The van der Waals surface area contributed by atoms with Gasteiger partial charge >= 0.3 is 0 Å². The van der Waals surface area contributed by atoms with Gasteiger partial charge in [0, 0.05) is 43.5 Å². The van der Waals surface area contributed by atoms with E-state index < -0.39 is 0 Å². The number of hydrogen-bond acceptors (Lipinski definition) is 5. The second-order valence-electron chi connectivity index (χ2n) is 5.18. The van der Waals surface area contributed by atoms with Gasteiger partial charge in [-0.1, -0.05) is 0 Å². The van der Waals surface area contributed by atoms with Crippen molar-refractivity contribution in [3.8, 4) is 0 Å². The molecule has 2 rings (SSSR count). The Morgan fingerprint density at radius 1 is 1.23 bits per heavy atom. The van der Waals surface area contributed by atoms with E-state index in [-0.39, 0.29) is 11.8 Å². The Kier molecular flexibility index (Phi) is 7.35. The molecule has 1 saturated heterocycles. The average Bonchev–Trinajstić information content (AvgIpc) is 3.07. The Morgan fingerprint density at radius 2 is 2.05 bits per heavy atom. The Morgan fingerprint density at radius 3 is 2.77 bits per heavy atom. The molecule has 0 bridgehead atoms. The van der Waals surface area contributed by atoms with Gasteiger partial charge in [-0.3, -0.25) is 14.5 Å². The number of rotatable bonds is 8. The maximum Gasteiger partial charge on any atom is 0.252 e. The van der Waals surface area contributed by atoms with Crippen molar-refractivity contribution in [1.82, 2.24) is 15.5 Å². The molecule has 0 radical (unpaired) electrons. The molecular formula is C15H23N3O3S. The Hall–Kier alpha value is -1.44. The smallest absolute Gasteiger partial charge is 0.252 e. The predicted octanol–water partition coefficient (Wildman–Crippen LogP) is 0.707. The molecule has 0 aromatic carbocycles. The van der Waals surface area contributed by atoms with E-state index in [0.717, 1.165) is 39.3 Å². The molecule has 2 amide bonds. The molecule has 0 atom stereocenters. The van der Waals surface area contributed by atoms with Crippen LogP contribution < -0.4 is 10.6 Å². The first-order valence-corrected chi connectivity index (χ1v) is 8.57. The fraction of sp³-hybridized carbons (Fsp3) is 0.600.